The first kappa shape index (κ1) is 13.9. The first-order chi connectivity index (χ1) is 8.04. The Morgan fingerprint density at radius 3 is 2.88 bits per heavy atom. The maximum Gasteiger partial charge on any atom is 0.226 e. The molecule has 0 aliphatic heterocycles. The van der Waals surface area contributed by atoms with E-state index >= 15 is 0 Å². The molecule has 0 aliphatic rings. The molecule has 0 aliphatic carbocycles. The van der Waals surface area contributed by atoms with Crippen LogP contribution in [-0.2, 0) is 9.53 Å². The number of rotatable bonds is 5. The number of hydrogen-bond donors (Lipinski definition) is 2. The molecule has 0 fully saturated rings. The van der Waals surface area contributed by atoms with Gasteiger partial charge in [-0.1, -0.05) is 23.8 Å². The second-order valence-electron chi connectivity index (χ2n) is 3.35. The SMILES string of the molecule is COCCC(=O)Nc1cc(Cl)ccc1C(N)=S. The molecule has 17 heavy (non-hydrogen) atoms. The van der Waals surface area contributed by atoms with Crippen molar-refractivity contribution in [3.8, 4) is 0 Å². The van der Waals surface area contributed by atoms with Gasteiger partial charge in [0.2, 0.25) is 5.91 Å². The average Bonchev–Trinajstić information content (AvgIpc) is 2.26. The minimum atomic E-state index is -0.174. The second-order valence-corrected chi connectivity index (χ2v) is 4.22. The van der Waals surface area contributed by atoms with E-state index in [0.717, 1.165) is 0 Å². The van der Waals surface area contributed by atoms with Crippen LogP contribution < -0.4 is 11.1 Å². The molecule has 3 N–H and O–H groups in total. The zero-order chi connectivity index (χ0) is 12.8. The normalized spacial score (nSPS) is 10.0. The molecule has 0 aromatic heterocycles. The van der Waals surface area contributed by atoms with Gasteiger partial charge in [-0.2, -0.15) is 0 Å². The molecule has 0 spiro atoms. The number of amides is 1. The van der Waals surface area contributed by atoms with E-state index in [1.165, 1.54) is 7.11 Å². The van der Waals surface area contributed by atoms with Gasteiger partial charge in [-0.3, -0.25) is 4.79 Å². The van der Waals surface area contributed by atoms with Gasteiger partial charge < -0.3 is 15.8 Å². The summed E-state index contributed by atoms with van der Waals surface area (Å²) in [6.07, 6.45) is 0.264. The van der Waals surface area contributed by atoms with Crippen molar-refractivity contribution in [3.05, 3.63) is 28.8 Å². The predicted octanol–water partition coefficient (Wildman–Crippen LogP) is 1.95. The average molecular weight is 273 g/mol. The topological polar surface area (TPSA) is 64.3 Å². The van der Waals surface area contributed by atoms with Crippen LogP contribution in [0.15, 0.2) is 18.2 Å². The van der Waals surface area contributed by atoms with Crippen molar-refractivity contribution >= 4 is 40.4 Å². The summed E-state index contributed by atoms with van der Waals surface area (Å²) in [5.41, 5.74) is 6.67. The van der Waals surface area contributed by atoms with Crippen LogP contribution >= 0.6 is 23.8 Å². The van der Waals surface area contributed by atoms with Crippen LogP contribution in [0.5, 0.6) is 0 Å². The molecule has 0 unspecified atom stereocenters. The van der Waals surface area contributed by atoms with E-state index in [1.54, 1.807) is 18.2 Å². The Morgan fingerprint density at radius 2 is 2.29 bits per heavy atom. The van der Waals surface area contributed by atoms with Gasteiger partial charge in [-0.15, -0.1) is 0 Å². The molecule has 1 amide bonds. The number of anilines is 1. The predicted molar refractivity (Wildman–Crippen MR) is 72.5 cm³/mol. The van der Waals surface area contributed by atoms with Crippen LogP contribution in [0.1, 0.15) is 12.0 Å². The number of carbonyl (C=O) groups excluding carboxylic acids is 1. The number of nitrogens with one attached hydrogen (secondary N) is 1. The first-order valence-electron chi connectivity index (χ1n) is 4.92. The molecule has 1 aromatic rings. The number of hydrogen-bond acceptors (Lipinski definition) is 3. The quantitative estimate of drug-likeness (QED) is 0.804. The summed E-state index contributed by atoms with van der Waals surface area (Å²) in [5.74, 6) is -0.174. The van der Waals surface area contributed by atoms with Gasteiger partial charge in [-0.25, -0.2) is 0 Å². The van der Waals surface area contributed by atoms with E-state index in [1.807, 2.05) is 0 Å². The van der Waals surface area contributed by atoms with Crippen molar-refractivity contribution in [3.63, 3.8) is 0 Å². The van der Waals surface area contributed by atoms with Gasteiger partial charge in [0, 0.05) is 17.7 Å². The fourth-order valence-corrected chi connectivity index (χ4v) is 1.59. The van der Waals surface area contributed by atoms with Crippen molar-refractivity contribution in [1.82, 2.24) is 0 Å². The molecular weight excluding hydrogens is 260 g/mol. The summed E-state index contributed by atoms with van der Waals surface area (Å²) in [4.78, 5) is 11.8. The van der Waals surface area contributed by atoms with Crippen LogP contribution in [-0.4, -0.2) is 24.6 Å². The van der Waals surface area contributed by atoms with Crippen molar-refractivity contribution < 1.29 is 9.53 Å². The fraction of sp³-hybridized carbons (Fsp3) is 0.273. The van der Waals surface area contributed by atoms with Gasteiger partial charge in [0.1, 0.15) is 4.99 Å². The Hall–Kier alpha value is -1.17. The number of carbonyl (C=O) groups is 1. The third-order valence-corrected chi connectivity index (χ3v) is 2.51. The molecule has 0 saturated carbocycles. The highest BCUT2D eigenvalue weighted by Crippen LogP contribution is 2.21. The maximum atomic E-state index is 11.5. The van der Waals surface area contributed by atoms with Crippen LogP contribution in [0, 0.1) is 0 Å². The number of thiocarbonyl (C=S) groups is 1. The Kier molecular flexibility index (Phi) is 5.34. The molecule has 0 atom stereocenters. The van der Waals surface area contributed by atoms with E-state index in [9.17, 15) is 4.79 Å². The standard InChI is InChI=1S/C11H13ClN2O2S/c1-16-5-4-10(15)14-9-6-7(12)2-3-8(9)11(13)17/h2-3,6H,4-5H2,1H3,(H2,13,17)(H,14,15). The van der Waals surface area contributed by atoms with E-state index < -0.39 is 0 Å². The minimum Gasteiger partial charge on any atom is -0.389 e. The smallest absolute Gasteiger partial charge is 0.226 e. The summed E-state index contributed by atoms with van der Waals surface area (Å²) in [6.45, 7) is 0.356. The van der Waals surface area contributed by atoms with Crippen molar-refractivity contribution in [2.24, 2.45) is 5.73 Å². The fourth-order valence-electron chi connectivity index (χ4n) is 1.24. The van der Waals surface area contributed by atoms with Gasteiger partial charge in [0.15, 0.2) is 0 Å². The first-order valence-corrected chi connectivity index (χ1v) is 5.71. The van der Waals surface area contributed by atoms with E-state index in [2.05, 4.69) is 5.32 Å². The molecule has 0 heterocycles. The molecule has 92 valence electrons. The van der Waals surface area contributed by atoms with Crippen LogP contribution in [0.25, 0.3) is 0 Å². The third-order valence-electron chi connectivity index (χ3n) is 2.05. The van der Waals surface area contributed by atoms with Crippen molar-refractivity contribution in [2.45, 2.75) is 6.42 Å². The summed E-state index contributed by atoms with van der Waals surface area (Å²) in [6, 6.07) is 4.96. The Balaban J connectivity index is 2.85. The minimum absolute atomic E-state index is 0.174. The highest BCUT2D eigenvalue weighted by Gasteiger charge is 2.09. The lowest BCUT2D eigenvalue weighted by Crippen LogP contribution is -2.18. The largest absolute Gasteiger partial charge is 0.389 e. The Morgan fingerprint density at radius 1 is 1.59 bits per heavy atom. The third kappa shape index (κ3) is 4.30. The monoisotopic (exact) mass is 272 g/mol. The second kappa shape index (κ2) is 6.54. The van der Waals surface area contributed by atoms with Crippen LogP contribution in [0.4, 0.5) is 5.69 Å². The Bertz CT molecular complexity index is 437. The van der Waals surface area contributed by atoms with Gasteiger partial charge in [0.05, 0.1) is 18.7 Å². The number of ether oxygens (including phenoxy) is 1. The molecule has 1 aromatic carbocycles. The summed E-state index contributed by atoms with van der Waals surface area (Å²) in [7, 11) is 1.53. The summed E-state index contributed by atoms with van der Waals surface area (Å²) >= 11 is 10.7. The lowest BCUT2D eigenvalue weighted by Gasteiger charge is -2.10. The molecule has 1 rings (SSSR count). The molecule has 6 heteroatoms. The molecule has 0 radical (unpaired) electrons. The maximum absolute atomic E-state index is 11.5. The zero-order valence-electron chi connectivity index (χ0n) is 9.33. The zero-order valence-corrected chi connectivity index (χ0v) is 10.9. The lowest BCUT2D eigenvalue weighted by atomic mass is 10.1. The molecule has 0 bridgehead atoms. The van der Waals surface area contributed by atoms with E-state index in [4.69, 9.17) is 34.3 Å². The van der Waals surface area contributed by atoms with Crippen molar-refractivity contribution in [2.75, 3.05) is 19.0 Å². The molecule has 0 saturated heterocycles. The van der Waals surface area contributed by atoms with Crippen LogP contribution in [0.3, 0.4) is 0 Å². The number of benzene rings is 1. The lowest BCUT2D eigenvalue weighted by molar-refractivity contribution is -0.117. The summed E-state index contributed by atoms with van der Waals surface area (Å²) in [5, 5.41) is 3.20. The summed E-state index contributed by atoms with van der Waals surface area (Å²) < 4.78 is 4.81. The van der Waals surface area contributed by atoms with E-state index in [0.29, 0.717) is 22.9 Å². The highest BCUT2D eigenvalue weighted by atomic mass is 35.5. The van der Waals surface area contributed by atoms with Gasteiger partial charge in [0.25, 0.3) is 0 Å². The van der Waals surface area contributed by atoms with Gasteiger partial charge >= 0.3 is 0 Å². The number of halogens is 1. The van der Waals surface area contributed by atoms with Gasteiger partial charge in [-0.05, 0) is 18.2 Å². The number of methoxy groups -OCH3 is 1. The van der Waals surface area contributed by atoms with Crippen molar-refractivity contribution in [1.29, 1.82) is 0 Å². The van der Waals surface area contributed by atoms with E-state index in [-0.39, 0.29) is 17.3 Å². The molecular formula is C11H13ClN2O2S. The Labute approximate surface area is 110 Å². The highest BCUT2D eigenvalue weighted by molar-refractivity contribution is 7.80. The number of nitrogens with two attached hydrogens (primary N) is 1. The molecule has 4 nitrogen and oxygen atoms in total. The van der Waals surface area contributed by atoms with Crippen LogP contribution in [0.2, 0.25) is 5.02 Å².